The van der Waals surface area contributed by atoms with E-state index in [4.69, 9.17) is 10.6 Å². The molecule has 0 spiro atoms. The summed E-state index contributed by atoms with van der Waals surface area (Å²) in [5, 5.41) is 11.0. The SMILES string of the molecule is CC(=O)c1ccc(NC(=O)[C@@H](C)Sc2nnc(COc3cc(C)ccc3C(C)C)n2N)cc1. The van der Waals surface area contributed by atoms with Crippen LogP contribution in [0.4, 0.5) is 5.69 Å². The molecule has 0 aliphatic heterocycles. The first kappa shape index (κ1) is 24.3. The lowest BCUT2D eigenvalue weighted by Crippen LogP contribution is -2.24. The van der Waals surface area contributed by atoms with Crippen LogP contribution in [0.15, 0.2) is 47.6 Å². The molecule has 3 rings (SSSR count). The van der Waals surface area contributed by atoms with Crippen molar-refractivity contribution < 1.29 is 14.3 Å². The second kappa shape index (κ2) is 10.5. The van der Waals surface area contributed by atoms with Crippen LogP contribution in [0.5, 0.6) is 5.75 Å². The molecular formula is C24H29N5O3S. The van der Waals surface area contributed by atoms with E-state index in [0.717, 1.165) is 16.9 Å². The van der Waals surface area contributed by atoms with Crippen LogP contribution in [0.3, 0.4) is 0 Å². The Bertz CT molecular complexity index is 1140. The third kappa shape index (κ3) is 6.13. The fourth-order valence-electron chi connectivity index (χ4n) is 3.12. The predicted molar refractivity (Wildman–Crippen MR) is 130 cm³/mol. The number of thioether (sulfide) groups is 1. The van der Waals surface area contributed by atoms with Crippen molar-refractivity contribution in [3.05, 3.63) is 65.0 Å². The first-order chi connectivity index (χ1) is 15.7. The predicted octanol–water partition coefficient (Wildman–Crippen LogP) is 4.32. The number of ether oxygens (including phenoxy) is 1. The van der Waals surface area contributed by atoms with E-state index >= 15 is 0 Å². The summed E-state index contributed by atoms with van der Waals surface area (Å²) in [5.74, 6) is 7.51. The quantitative estimate of drug-likeness (QED) is 0.274. The Morgan fingerprint density at radius 1 is 1.12 bits per heavy atom. The van der Waals surface area contributed by atoms with E-state index in [9.17, 15) is 9.59 Å². The van der Waals surface area contributed by atoms with Gasteiger partial charge >= 0.3 is 0 Å². The van der Waals surface area contributed by atoms with E-state index in [2.05, 4.69) is 41.5 Å². The van der Waals surface area contributed by atoms with E-state index in [1.54, 1.807) is 31.2 Å². The van der Waals surface area contributed by atoms with Crippen molar-refractivity contribution in [3.63, 3.8) is 0 Å². The van der Waals surface area contributed by atoms with Crippen molar-refractivity contribution in [1.82, 2.24) is 14.9 Å². The minimum atomic E-state index is -0.470. The number of carbonyl (C=O) groups excluding carboxylic acids is 2. The van der Waals surface area contributed by atoms with Gasteiger partial charge in [-0.2, -0.15) is 0 Å². The first-order valence-electron chi connectivity index (χ1n) is 10.7. The Morgan fingerprint density at radius 3 is 2.45 bits per heavy atom. The van der Waals surface area contributed by atoms with E-state index in [0.29, 0.717) is 28.1 Å². The average molecular weight is 468 g/mol. The van der Waals surface area contributed by atoms with Crippen LogP contribution in [-0.2, 0) is 11.4 Å². The van der Waals surface area contributed by atoms with Gasteiger partial charge in [-0.25, -0.2) is 4.68 Å². The lowest BCUT2D eigenvalue weighted by Gasteiger charge is -2.15. The van der Waals surface area contributed by atoms with Crippen molar-refractivity contribution in [1.29, 1.82) is 0 Å². The number of Topliss-reactive ketones (excluding diaryl/α,β-unsaturated/α-hetero) is 1. The van der Waals surface area contributed by atoms with Gasteiger partial charge in [-0.15, -0.1) is 10.2 Å². The number of aryl methyl sites for hydroxylation is 1. The van der Waals surface area contributed by atoms with Crippen LogP contribution >= 0.6 is 11.8 Å². The number of nitrogens with one attached hydrogen (secondary N) is 1. The van der Waals surface area contributed by atoms with E-state index < -0.39 is 5.25 Å². The molecule has 0 aliphatic carbocycles. The lowest BCUT2D eigenvalue weighted by molar-refractivity contribution is -0.115. The molecule has 1 amide bonds. The van der Waals surface area contributed by atoms with Crippen LogP contribution in [0.2, 0.25) is 0 Å². The molecule has 1 heterocycles. The number of nitrogens with zero attached hydrogens (tertiary/aromatic N) is 3. The summed E-state index contributed by atoms with van der Waals surface area (Å²) >= 11 is 1.20. The van der Waals surface area contributed by atoms with Crippen molar-refractivity contribution in [2.75, 3.05) is 11.2 Å². The molecule has 0 bridgehead atoms. The van der Waals surface area contributed by atoms with Gasteiger partial charge in [-0.3, -0.25) is 9.59 Å². The summed E-state index contributed by atoms with van der Waals surface area (Å²) in [6.45, 7) is 9.66. The molecule has 0 unspecified atom stereocenters. The Balaban J connectivity index is 1.62. The van der Waals surface area contributed by atoms with Gasteiger partial charge in [-0.05, 0) is 68.1 Å². The number of ketones is 1. The largest absolute Gasteiger partial charge is 0.485 e. The van der Waals surface area contributed by atoms with Gasteiger partial charge < -0.3 is 15.9 Å². The zero-order valence-electron chi connectivity index (χ0n) is 19.5. The van der Waals surface area contributed by atoms with Crippen LogP contribution in [0, 0.1) is 6.92 Å². The number of carbonyl (C=O) groups is 2. The maximum absolute atomic E-state index is 12.6. The van der Waals surface area contributed by atoms with Crippen molar-refractivity contribution >= 4 is 29.1 Å². The minimum absolute atomic E-state index is 0.0262. The summed E-state index contributed by atoms with van der Waals surface area (Å²) in [6.07, 6.45) is 0. The molecule has 3 aromatic rings. The number of benzene rings is 2. The van der Waals surface area contributed by atoms with Crippen molar-refractivity contribution in [2.24, 2.45) is 0 Å². The molecule has 2 aromatic carbocycles. The van der Waals surface area contributed by atoms with Crippen LogP contribution in [0.1, 0.15) is 60.9 Å². The first-order valence-corrected chi connectivity index (χ1v) is 11.5. The molecule has 174 valence electrons. The fourth-order valence-corrected chi connectivity index (χ4v) is 3.90. The molecule has 3 N–H and O–H groups in total. The highest BCUT2D eigenvalue weighted by Crippen LogP contribution is 2.28. The number of aromatic nitrogens is 3. The molecule has 33 heavy (non-hydrogen) atoms. The molecular weight excluding hydrogens is 438 g/mol. The van der Waals surface area contributed by atoms with Crippen molar-refractivity contribution in [2.45, 2.75) is 57.5 Å². The average Bonchev–Trinajstić information content (AvgIpc) is 3.11. The van der Waals surface area contributed by atoms with Gasteiger partial charge in [0.25, 0.3) is 0 Å². The zero-order chi connectivity index (χ0) is 24.1. The van der Waals surface area contributed by atoms with Gasteiger partial charge in [0, 0.05) is 11.3 Å². The summed E-state index contributed by atoms with van der Waals surface area (Å²) in [4.78, 5) is 24.0. The topological polar surface area (TPSA) is 112 Å². The summed E-state index contributed by atoms with van der Waals surface area (Å²) in [5.41, 5.74) is 3.42. The van der Waals surface area contributed by atoms with Gasteiger partial charge in [0.15, 0.2) is 11.6 Å². The zero-order valence-corrected chi connectivity index (χ0v) is 20.3. The molecule has 0 aliphatic rings. The molecule has 0 saturated carbocycles. The van der Waals surface area contributed by atoms with Crippen LogP contribution in [-0.4, -0.2) is 31.8 Å². The second-order valence-corrected chi connectivity index (χ2v) is 9.44. The minimum Gasteiger partial charge on any atom is -0.485 e. The highest BCUT2D eigenvalue weighted by atomic mass is 32.2. The maximum atomic E-state index is 12.6. The Kier molecular flexibility index (Phi) is 7.75. The highest BCUT2D eigenvalue weighted by Gasteiger charge is 2.20. The smallest absolute Gasteiger partial charge is 0.237 e. The number of hydrogen-bond donors (Lipinski definition) is 2. The molecule has 0 saturated heterocycles. The van der Waals surface area contributed by atoms with Gasteiger partial charge in [0.1, 0.15) is 12.4 Å². The lowest BCUT2D eigenvalue weighted by atomic mass is 10.0. The number of anilines is 1. The summed E-state index contributed by atoms with van der Waals surface area (Å²) < 4.78 is 7.35. The molecule has 0 radical (unpaired) electrons. The van der Waals surface area contributed by atoms with Crippen LogP contribution < -0.4 is 15.9 Å². The second-order valence-electron chi connectivity index (χ2n) is 8.14. The van der Waals surface area contributed by atoms with Gasteiger partial charge in [0.05, 0.1) is 5.25 Å². The molecule has 1 atom stereocenters. The monoisotopic (exact) mass is 467 g/mol. The molecule has 0 fully saturated rings. The molecule has 8 nitrogen and oxygen atoms in total. The number of nitrogens with two attached hydrogens (primary N) is 1. The standard InChI is InChI=1S/C24H29N5O3S/c1-14(2)20-11-6-15(3)12-21(20)32-13-22-27-28-24(29(22)25)33-17(5)23(31)26-19-9-7-18(8-10-19)16(4)30/h6-12,14,17H,13,25H2,1-5H3,(H,26,31)/t17-/m1/s1. The molecule has 9 heteroatoms. The van der Waals surface area contributed by atoms with Crippen molar-refractivity contribution in [3.8, 4) is 5.75 Å². The number of rotatable bonds is 9. The van der Waals surface area contributed by atoms with E-state index in [1.807, 2.05) is 13.0 Å². The summed E-state index contributed by atoms with van der Waals surface area (Å²) in [7, 11) is 0. The van der Waals surface area contributed by atoms with E-state index in [1.165, 1.54) is 23.4 Å². The normalized spacial score (nSPS) is 11.9. The van der Waals surface area contributed by atoms with Gasteiger partial charge in [0.2, 0.25) is 11.1 Å². The Labute approximate surface area is 197 Å². The number of nitrogen functional groups attached to an aromatic ring is 1. The van der Waals surface area contributed by atoms with Crippen LogP contribution in [0.25, 0.3) is 0 Å². The Hall–Kier alpha value is -3.33. The fraction of sp³-hybridized carbons (Fsp3) is 0.333. The third-order valence-electron chi connectivity index (χ3n) is 5.09. The Morgan fingerprint density at radius 2 is 1.82 bits per heavy atom. The van der Waals surface area contributed by atoms with E-state index in [-0.39, 0.29) is 18.3 Å². The summed E-state index contributed by atoms with van der Waals surface area (Å²) in [6, 6.07) is 12.9. The number of hydrogen-bond acceptors (Lipinski definition) is 7. The van der Waals surface area contributed by atoms with Gasteiger partial charge in [-0.1, -0.05) is 37.7 Å². The molecule has 1 aromatic heterocycles. The third-order valence-corrected chi connectivity index (χ3v) is 6.15. The highest BCUT2D eigenvalue weighted by molar-refractivity contribution is 8.00. The maximum Gasteiger partial charge on any atom is 0.237 e. The number of amides is 1.